The molecule has 0 aliphatic rings. The molecule has 1 rings (SSSR count). The lowest BCUT2D eigenvalue weighted by molar-refractivity contribution is -0.274. The molecule has 0 aliphatic heterocycles. The quantitative estimate of drug-likeness (QED) is 0.729. The van der Waals surface area contributed by atoms with Crippen molar-refractivity contribution in [3.63, 3.8) is 0 Å². The van der Waals surface area contributed by atoms with Crippen molar-refractivity contribution >= 4 is 6.29 Å². The van der Waals surface area contributed by atoms with Crippen LogP contribution in [0.3, 0.4) is 0 Å². The second-order valence-corrected chi connectivity index (χ2v) is 2.88. The van der Waals surface area contributed by atoms with Crippen LogP contribution in [-0.2, 0) is 6.42 Å². The number of rotatable bonds is 3. The number of alkyl halides is 3. The van der Waals surface area contributed by atoms with Crippen LogP contribution in [-0.4, -0.2) is 12.6 Å². The number of benzene rings is 1. The predicted molar refractivity (Wildman–Crippen MR) is 47.9 cm³/mol. The minimum absolute atomic E-state index is 0.301. The zero-order valence-electron chi connectivity index (χ0n) is 7.97. The number of aldehydes is 1. The molecule has 1 aromatic rings. The first-order valence-corrected chi connectivity index (χ1v) is 4.30. The van der Waals surface area contributed by atoms with Gasteiger partial charge in [0.2, 0.25) is 0 Å². The first-order chi connectivity index (χ1) is 6.96. The van der Waals surface area contributed by atoms with Crippen LogP contribution >= 0.6 is 0 Å². The maximum absolute atomic E-state index is 11.9. The Hall–Kier alpha value is -1.52. The van der Waals surface area contributed by atoms with Crippen LogP contribution in [0, 0.1) is 0 Å². The van der Waals surface area contributed by atoms with Gasteiger partial charge >= 0.3 is 6.36 Å². The molecule has 82 valence electrons. The van der Waals surface area contributed by atoms with Gasteiger partial charge in [0.25, 0.3) is 0 Å². The van der Waals surface area contributed by atoms with E-state index in [1.807, 2.05) is 0 Å². The highest BCUT2D eigenvalue weighted by Crippen LogP contribution is 2.24. The number of carbonyl (C=O) groups excluding carboxylic acids is 1. The fraction of sp³-hybridized carbons (Fsp3) is 0.300. The second-order valence-electron chi connectivity index (χ2n) is 2.88. The van der Waals surface area contributed by atoms with Crippen molar-refractivity contribution in [3.8, 4) is 5.75 Å². The van der Waals surface area contributed by atoms with E-state index in [-0.39, 0.29) is 5.75 Å². The van der Waals surface area contributed by atoms with Crippen molar-refractivity contribution in [2.45, 2.75) is 19.7 Å². The fourth-order valence-electron chi connectivity index (χ4n) is 1.20. The van der Waals surface area contributed by atoms with Crippen molar-refractivity contribution in [3.05, 3.63) is 29.3 Å². The number of ether oxygens (including phenoxy) is 1. The molecule has 0 saturated carbocycles. The van der Waals surface area contributed by atoms with Gasteiger partial charge in [0, 0.05) is 5.56 Å². The summed E-state index contributed by atoms with van der Waals surface area (Å²) < 4.78 is 39.3. The third-order valence-electron chi connectivity index (χ3n) is 1.86. The Bertz CT molecular complexity index is 358. The van der Waals surface area contributed by atoms with Crippen molar-refractivity contribution in [2.24, 2.45) is 0 Å². The summed E-state index contributed by atoms with van der Waals surface area (Å²) in [5.74, 6) is -0.301. The summed E-state index contributed by atoms with van der Waals surface area (Å²) in [4.78, 5) is 10.5. The molecule has 0 spiro atoms. The molecule has 0 unspecified atom stereocenters. The lowest BCUT2D eigenvalue weighted by Gasteiger charge is -2.10. The van der Waals surface area contributed by atoms with Gasteiger partial charge in [-0.25, -0.2) is 0 Å². The highest BCUT2D eigenvalue weighted by Gasteiger charge is 2.31. The summed E-state index contributed by atoms with van der Waals surface area (Å²) in [5.41, 5.74) is 0.916. The monoisotopic (exact) mass is 218 g/mol. The highest BCUT2D eigenvalue weighted by molar-refractivity contribution is 5.77. The summed E-state index contributed by atoms with van der Waals surface area (Å²) in [6, 6.07) is 3.65. The molecule has 15 heavy (non-hydrogen) atoms. The van der Waals surface area contributed by atoms with Gasteiger partial charge in [0.1, 0.15) is 12.0 Å². The average Bonchev–Trinajstić information content (AvgIpc) is 2.15. The van der Waals surface area contributed by atoms with Gasteiger partial charge < -0.3 is 4.74 Å². The molecule has 1 aromatic carbocycles. The normalized spacial score (nSPS) is 11.2. The summed E-state index contributed by atoms with van der Waals surface area (Å²) in [7, 11) is 0. The number of aryl methyl sites for hydroxylation is 1. The third-order valence-corrected chi connectivity index (χ3v) is 1.86. The van der Waals surface area contributed by atoms with Crippen molar-refractivity contribution < 1.29 is 22.7 Å². The van der Waals surface area contributed by atoms with E-state index in [0.29, 0.717) is 23.8 Å². The zero-order valence-corrected chi connectivity index (χ0v) is 7.97. The van der Waals surface area contributed by atoms with Crippen LogP contribution in [0.4, 0.5) is 13.2 Å². The van der Waals surface area contributed by atoms with Gasteiger partial charge in [-0.3, -0.25) is 4.79 Å². The topological polar surface area (TPSA) is 26.3 Å². The molecule has 5 heteroatoms. The Kier molecular flexibility index (Phi) is 3.34. The molecule has 0 fully saturated rings. The van der Waals surface area contributed by atoms with E-state index in [2.05, 4.69) is 4.74 Å². The van der Waals surface area contributed by atoms with E-state index in [0.717, 1.165) is 6.07 Å². The van der Waals surface area contributed by atoms with Crippen LogP contribution in [0.1, 0.15) is 22.8 Å². The van der Waals surface area contributed by atoms with Crippen molar-refractivity contribution in [1.29, 1.82) is 0 Å². The van der Waals surface area contributed by atoms with E-state index in [1.54, 1.807) is 6.92 Å². The maximum atomic E-state index is 11.9. The van der Waals surface area contributed by atoms with Gasteiger partial charge in [-0.1, -0.05) is 6.92 Å². The summed E-state index contributed by atoms with van der Waals surface area (Å²) in [6.45, 7) is 1.75. The first kappa shape index (κ1) is 11.6. The molecular formula is C10H9F3O2. The smallest absolute Gasteiger partial charge is 0.406 e. The molecule has 0 aliphatic carbocycles. The molecule has 0 bridgehead atoms. The van der Waals surface area contributed by atoms with Crippen LogP contribution in [0.25, 0.3) is 0 Å². The molecule has 0 heterocycles. The Labute approximate surface area is 84.7 Å². The van der Waals surface area contributed by atoms with Crippen LogP contribution < -0.4 is 4.74 Å². The molecule has 0 N–H and O–H groups in total. The van der Waals surface area contributed by atoms with Crippen LogP contribution in [0.15, 0.2) is 18.2 Å². The zero-order chi connectivity index (χ0) is 11.5. The average molecular weight is 218 g/mol. The van der Waals surface area contributed by atoms with E-state index < -0.39 is 6.36 Å². The molecule has 0 atom stereocenters. The van der Waals surface area contributed by atoms with E-state index in [4.69, 9.17) is 0 Å². The number of hydrogen-bond donors (Lipinski definition) is 0. The second kappa shape index (κ2) is 4.33. The Morgan fingerprint density at radius 3 is 2.53 bits per heavy atom. The molecule has 0 aromatic heterocycles. The largest absolute Gasteiger partial charge is 0.573 e. The number of halogens is 3. The summed E-state index contributed by atoms with van der Waals surface area (Å²) in [6.07, 6.45) is -3.62. The minimum Gasteiger partial charge on any atom is -0.406 e. The lowest BCUT2D eigenvalue weighted by atomic mass is 10.1. The lowest BCUT2D eigenvalue weighted by Crippen LogP contribution is -2.17. The summed E-state index contributed by atoms with van der Waals surface area (Å²) >= 11 is 0. The van der Waals surface area contributed by atoms with Gasteiger partial charge in [0.05, 0.1) is 0 Å². The van der Waals surface area contributed by atoms with Crippen LogP contribution in [0.2, 0.25) is 0 Å². The molecule has 0 saturated heterocycles. The van der Waals surface area contributed by atoms with E-state index in [1.165, 1.54) is 12.1 Å². The van der Waals surface area contributed by atoms with Gasteiger partial charge in [-0.15, -0.1) is 13.2 Å². The van der Waals surface area contributed by atoms with E-state index in [9.17, 15) is 18.0 Å². The van der Waals surface area contributed by atoms with E-state index >= 15 is 0 Å². The molecule has 0 radical (unpaired) electrons. The van der Waals surface area contributed by atoms with Gasteiger partial charge in [-0.2, -0.15) is 0 Å². The van der Waals surface area contributed by atoms with Crippen LogP contribution in [0.5, 0.6) is 5.75 Å². The minimum atomic E-state index is -4.70. The number of carbonyl (C=O) groups is 1. The molecule has 0 amide bonds. The molecular weight excluding hydrogens is 209 g/mol. The van der Waals surface area contributed by atoms with Crippen molar-refractivity contribution in [2.75, 3.05) is 0 Å². The van der Waals surface area contributed by atoms with Crippen molar-refractivity contribution in [1.82, 2.24) is 0 Å². The highest BCUT2D eigenvalue weighted by atomic mass is 19.4. The number of hydrogen-bond acceptors (Lipinski definition) is 2. The Morgan fingerprint density at radius 2 is 2.07 bits per heavy atom. The van der Waals surface area contributed by atoms with Gasteiger partial charge in [-0.05, 0) is 30.2 Å². The Morgan fingerprint density at radius 1 is 1.40 bits per heavy atom. The summed E-state index contributed by atoms with van der Waals surface area (Å²) in [5, 5.41) is 0. The maximum Gasteiger partial charge on any atom is 0.573 e. The first-order valence-electron chi connectivity index (χ1n) is 4.30. The SMILES string of the molecule is CCc1cc(OC(F)(F)F)ccc1C=O. The standard InChI is InChI=1S/C10H9F3O2/c1-2-7-5-9(15-10(11,12)13)4-3-8(7)6-14/h3-6H,2H2,1H3. The Balaban J connectivity index is 2.98. The third kappa shape index (κ3) is 3.27. The predicted octanol–water partition coefficient (Wildman–Crippen LogP) is 2.96. The molecule has 2 nitrogen and oxygen atoms in total. The van der Waals surface area contributed by atoms with Gasteiger partial charge in [0.15, 0.2) is 0 Å². The fourth-order valence-corrected chi connectivity index (χ4v) is 1.20.